The van der Waals surface area contributed by atoms with E-state index in [9.17, 15) is 13.6 Å². The fourth-order valence-corrected chi connectivity index (χ4v) is 5.26. The molecule has 3 aromatic rings. The topological polar surface area (TPSA) is 99.0 Å². The van der Waals surface area contributed by atoms with Crippen LogP contribution in [0.5, 0.6) is 11.6 Å². The van der Waals surface area contributed by atoms with E-state index in [-0.39, 0.29) is 36.3 Å². The van der Waals surface area contributed by atoms with E-state index in [0.29, 0.717) is 30.2 Å². The van der Waals surface area contributed by atoms with Crippen molar-refractivity contribution in [1.29, 1.82) is 0 Å². The van der Waals surface area contributed by atoms with Gasteiger partial charge in [0.1, 0.15) is 23.7 Å². The minimum atomic E-state index is -0.815. The van der Waals surface area contributed by atoms with Gasteiger partial charge in [0.15, 0.2) is 18.5 Å². The third kappa shape index (κ3) is 4.99. The van der Waals surface area contributed by atoms with Crippen molar-refractivity contribution in [2.45, 2.75) is 31.3 Å². The second-order valence-electron chi connectivity index (χ2n) is 8.38. The van der Waals surface area contributed by atoms with E-state index < -0.39 is 17.7 Å². The minimum absolute atomic E-state index is 0.120. The van der Waals surface area contributed by atoms with E-state index in [4.69, 9.17) is 19.3 Å². The van der Waals surface area contributed by atoms with Gasteiger partial charge < -0.3 is 19.2 Å². The average molecular weight is 516 g/mol. The quantitative estimate of drug-likeness (QED) is 0.471. The van der Waals surface area contributed by atoms with Gasteiger partial charge in [0.25, 0.3) is 11.8 Å². The largest absolute Gasteiger partial charge is 0.490 e. The molecule has 1 atom stereocenters. The predicted octanol–water partition coefficient (Wildman–Crippen LogP) is 3.87. The van der Waals surface area contributed by atoms with Crippen molar-refractivity contribution in [1.82, 2.24) is 19.9 Å². The Bertz CT molecular complexity index is 1260. The summed E-state index contributed by atoms with van der Waals surface area (Å²) >= 11 is 1.52. The first-order chi connectivity index (χ1) is 17.5. The van der Waals surface area contributed by atoms with Gasteiger partial charge in [-0.3, -0.25) is 4.79 Å². The second-order valence-corrected chi connectivity index (χ2v) is 9.27. The van der Waals surface area contributed by atoms with Gasteiger partial charge in [-0.1, -0.05) is 11.2 Å². The number of aromatic nitrogens is 3. The van der Waals surface area contributed by atoms with Crippen molar-refractivity contribution in [2.24, 2.45) is 5.16 Å². The van der Waals surface area contributed by atoms with E-state index in [1.807, 2.05) is 5.38 Å². The number of piperidine rings is 1. The number of carbonyl (C=O) groups excluding carboxylic acids is 1. The van der Waals surface area contributed by atoms with Crippen LogP contribution in [0.25, 0.3) is 0 Å². The molecule has 1 saturated heterocycles. The maximum Gasteiger partial charge on any atom is 0.260 e. The van der Waals surface area contributed by atoms with Gasteiger partial charge in [0, 0.05) is 30.8 Å². The van der Waals surface area contributed by atoms with Gasteiger partial charge in [0.05, 0.1) is 29.6 Å². The Morgan fingerprint density at radius 2 is 2.03 bits per heavy atom. The summed E-state index contributed by atoms with van der Waals surface area (Å²) in [5, 5.41) is 6.87. The van der Waals surface area contributed by atoms with Crippen LogP contribution in [-0.4, -0.2) is 58.3 Å². The van der Waals surface area contributed by atoms with Crippen LogP contribution in [0, 0.1) is 11.6 Å². The Kier molecular flexibility index (Phi) is 7.03. The average Bonchev–Trinajstić information content (AvgIpc) is 3.58. The molecule has 0 saturated carbocycles. The number of methoxy groups -OCH3 is 1. The third-order valence-corrected chi connectivity index (χ3v) is 7.21. The van der Waals surface area contributed by atoms with Gasteiger partial charge in [-0.2, -0.15) is 4.98 Å². The highest BCUT2D eigenvalue weighted by Crippen LogP contribution is 2.35. The van der Waals surface area contributed by atoms with Crippen LogP contribution in [0.4, 0.5) is 8.78 Å². The first kappa shape index (κ1) is 24.0. The van der Waals surface area contributed by atoms with Crippen molar-refractivity contribution in [3.05, 3.63) is 64.0 Å². The third-order valence-electron chi connectivity index (χ3n) is 6.20. The Balaban J connectivity index is 1.14. The first-order valence-electron chi connectivity index (χ1n) is 11.4. The maximum absolute atomic E-state index is 14.1. The zero-order chi connectivity index (χ0) is 25.1. The van der Waals surface area contributed by atoms with Gasteiger partial charge in [-0.15, -0.1) is 11.3 Å². The van der Waals surface area contributed by atoms with Crippen molar-refractivity contribution in [3.8, 4) is 11.6 Å². The molecule has 1 fully saturated rings. The highest BCUT2D eigenvalue weighted by atomic mass is 32.1. The summed E-state index contributed by atoms with van der Waals surface area (Å²) in [4.78, 5) is 32.3. The number of rotatable bonds is 7. The van der Waals surface area contributed by atoms with E-state index >= 15 is 0 Å². The number of nitrogens with zero attached hydrogens (tertiary/aromatic N) is 5. The molecule has 0 bridgehead atoms. The lowest BCUT2D eigenvalue weighted by Crippen LogP contribution is -2.40. The zero-order valence-electron chi connectivity index (χ0n) is 19.4. The molecule has 2 aliphatic rings. The first-order valence-corrected chi connectivity index (χ1v) is 12.3. The highest BCUT2D eigenvalue weighted by molar-refractivity contribution is 7.10. The van der Waals surface area contributed by atoms with E-state index in [1.54, 1.807) is 4.90 Å². The second kappa shape index (κ2) is 10.5. The number of carbonyl (C=O) groups is 1. The van der Waals surface area contributed by atoms with E-state index in [2.05, 4.69) is 15.1 Å². The number of halogens is 2. The molecule has 5 rings (SSSR count). The van der Waals surface area contributed by atoms with Crippen LogP contribution < -0.4 is 9.47 Å². The Labute approximate surface area is 209 Å². The van der Waals surface area contributed by atoms with Crippen LogP contribution >= 0.6 is 11.3 Å². The molecule has 0 N–H and O–H groups in total. The van der Waals surface area contributed by atoms with Crippen LogP contribution in [0.2, 0.25) is 0 Å². The van der Waals surface area contributed by atoms with Crippen molar-refractivity contribution in [3.63, 3.8) is 0 Å². The fraction of sp³-hybridized carbons (Fsp3) is 0.375. The lowest BCUT2D eigenvalue weighted by atomic mass is 9.97. The molecular formula is C24H23F2N5O4S. The van der Waals surface area contributed by atoms with Crippen LogP contribution in [0.1, 0.15) is 47.5 Å². The molecule has 0 aliphatic carbocycles. The summed E-state index contributed by atoms with van der Waals surface area (Å²) in [5.41, 5.74) is 1.10. The van der Waals surface area contributed by atoms with Gasteiger partial charge in [-0.25, -0.2) is 18.7 Å². The zero-order valence-corrected chi connectivity index (χ0v) is 20.2. The van der Waals surface area contributed by atoms with Crippen LogP contribution in [0.15, 0.2) is 41.3 Å². The molecule has 0 spiro atoms. The van der Waals surface area contributed by atoms with Crippen LogP contribution in [-0.2, 0) is 9.63 Å². The maximum atomic E-state index is 14.1. The summed E-state index contributed by atoms with van der Waals surface area (Å²) in [7, 11) is 1.48. The summed E-state index contributed by atoms with van der Waals surface area (Å²) in [6, 6.07) is 3.73. The monoisotopic (exact) mass is 515 g/mol. The molecule has 4 heterocycles. The van der Waals surface area contributed by atoms with Gasteiger partial charge >= 0.3 is 0 Å². The van der Waals surface area contributed by atoms with Crippen molar-refractivity contribution < 1.29 is 27.9 Å². The molecule has 2 aliphatic heterocycles. The van der Waals surface area contributed by atoms with Crippen molar-refractivity contribution in [2.75, 3.05) is 26.8 Å². The summed E-state index contributed by atoms with van der Waals surface area (Å²) in [5.74, 6) is -0.635. The fourth-order valence-electron chi connectivity index (χ4n) is 4.26. The summed E-state index contributed by atoms with van der Waals surface area (Å²) < 4.78 is 38.9. The number of likely N-dealkylation sites (tertiary alicyclic amines) is 1. The molecule has 12 heteroatoms. The number of thiazole rings is 1. The Hall–Kier alpha value is -3.67. The number of hydrogen-bond acceptors (Lipinski definition) is 9. The molecular weight excluding hydrogens is 492 g/mol. The minimum Gasteiger partial charge on any atom is -0.490 e. The Morgan fingerprint density at radius 3 is 2.78 bits per heavy atom. The predicted molar refractivity (Wildman–Crippen MR) is 126 cm³/mol. The molecule has 1 amide bonds. The molecule has 1 aromatic carbocycles. The van der Waals surface area contributed by atoms with Gasteiger partial charge in [0.2, 0.25) is 0 Å². The van der Waals surface area contributed by atoms with E-state index in [1.165, 1.54) is 49.2 Å². The van der Waals surface area contributed by atoms with Crippen molar-refractivity contribution >= 4 is 23.0 Å². The molecule has 188 valence electrons. The summed E-state index contributed by atoms with van der Waals surface area (Å²) in [6.45, 7) is 1.03. The lowest BCUT2D eigenvalue weighted by Gasteiger charge is -2.31. The standard InChI is InChI=1S/C24H23F2N5O4S/c1-33-20-10-27-13-28-23(20)34-11-21(32)31-7-5-14(6-8-31)24-29-18(12-36-24)17-9-19(35-30-17)22-15(25)3-2-4-16(22)26/h2-4,10,12-14,19H,5-9,11H2,1H3. The number of oxime groups is 1. The SMILES string of the molecule is COc1cncnc1OCC(=O)N1CCC(c2nc(C3=NOC(c4c(F)cccc4F)C3)cs2)CC1. The highest BCUT2D eigenvalue weighted by Gasteiger charge is 2.31. The van der Waals surface area contributed by atoms with E-state index in [0.717, 1.165) is 17.8 Å². The molecule has 36 heavy (non-hydrogen) atoms. The number of benzene rings is 1. The normalized spacial score (nSPS) is 18.0. The number of hydrogen-bond donors (Lipinski definition) is 0. The molecule has 1 unspecified atom stereocenters. The lowest BCUT2D eigenvalue weighted by molar-refractivity contribution is -0.134. The van der Waals surface area contributed by atoms with Crippen LogP contribution in [0.3, 0.4) is 0 Å². The molecule has 2 aromatic heterocycles. The number of amides is 1. The molecule has 9 nitrogen and oxygen atoms in total. The smallest absolute Gasteiger partial charge is 0.260 e. The molecule has 0 radical (unpaired) electrons. The number of ether oxygens (including phenoxy) is 2. The summed E-state index contributed by atoms with van der Waals surface area (Å²) in [6.07, 6.45) is 3.76. The van der Waals surface area contributed by atoms with Gasteiger partial charge in [-0.05, 0) is 25.0 Å². The Morgan fingerprint density at radius 1 is 1.25 bits per heavy atom.